The van der Waals surface area contributed by atoms with Gasteiger partial charge in [-0.1, -0.05) is 6.92 Å². The Morgan fingerprint density at radius 3 is 2.60 bits per heavy atom. The zero-order valence-electron chi connectivity index (χ0n) is 11.4. The highest BCUT2D eigenvalue weighted by molar-refractivity contribution is 7.91. The van der Waals surface area contributed by atoms with E-state index in [1.807, 2.05) is 6.92 Å². The van der Waals surface area contributed by atoms with Gasteiger partial charge in [-0.25, -0.2) is 18.2 Å². The van der Waals surface area contributed by atoms with Crippen LogP contribution in [0.5, 0.6) is 0 Å². The summed E-state index contributed by atoms with van der Waals surface area (Å²) in [5.41, 5.74) is 1.22. The Morgan fingerprint density at radius 1 is 1.40 bits per heavy atom. The molecule has 1 saturated heterocycles. The molecule has 1 aromatic heterocycles. The monoisotopic (exact) mass is 319 g/mol. The molecule has 0 bridgehead atoms. The van der Waals surface area contributed by atoms with Gasteiger partial charge in [-0.05, 0) is 6.54 Å². The molecule has 112 valence electrons. The highest BCUT2D eigenvalue weighted by Gasteiger charge is 2.33. The van der Waals surface area contributed by atoms with Gasteiger partial charge in [0, 0.05) is 26.2 Å². The first-order valence-corrected chi connectivity index (χ1v) is 8.57. The van der Waals surface area contributed by atoms with Gasteiger partial charge in [-0.2, -0.15) is 4.31 Å². The lowest BCUT2D eigenvalue weighted by Crippen LogP contribution is -2.48. The van der Waals surface area contributed by atoms with E-state index in [-0.39, 0.29) is 9.90 Å². The summed E-state index contributed by atoms with van der Waals surface area (Å²) >= 11 is 0.945. The molecule has 0 aliphatic carbocycles. The SMILES string of the molecule is CCN1CCN(S(=O)(=O)c2scnc2C(=O)OC)CC1. The van der Waals surface area contributed by atoms with E-state index in [2.05, 4.69) is 14.6 Å². The molecular formula is C11H17N3O4S2. The van der Waals surface area contributed by atoms with Crippen molar-refractivity contribution in [2.75, 3.05) is 39.8 Å². The summed E-state index contributed by atoms with van der Waals surface area (Å²) in [6, 6.07) is 0. The van der Waals surface area contributed by atoms with Gasteiger partial charge in [0.1, 0.15) is 0 Å². The molecule has 1 aromatic rings. The van der Waals surface area contributed by atoms with Crippen molar-refractivity contribution in [2.45, 2.75) is 11.1 Å². The number of hydrogen-bond acceptors (Lipinski definition) is 7. The molecule has 0 unspecified atom stereocenters. The average Bonchev–Trinajstić information content (AvgIpc) is 2.96. The highest BCUT2D eigenvalue weighted by atomic mass is 32.2. The number of nitrogens with zero attached hydrogens (tertiary/aromatic N) is 3. The Kier molecular flexibility index (Phi) is 4.74. The number of rotatable bonds is 4. The van der Waals surface area contributed by atoms with Gasteiger partial charge in [0.2, 0.25) is 0 Å². The highest BCUT2D eigenvalue weighted by Crippen LogP contribution is 2.25. The molecule has 7 nitrogen and oxygen atoms in total. The van der Waals surface area contributed by atoms with Gasteiger partial charge in [-0.3, -0.25) is 0 Å². The van der Waals surface area contributed by atoms with Crippen molar-refractivity contribution in [2.24, 2.45) is 0 Å². The zero-order valence-corrected chi connectivity index (χ0v) is 13.0. The number of esters is 1. The Morgan fingerprint density at radius 2 is 2.05 bits per heavy atom. The van der Waals surface area contributed by atoms with Gasteiger partial charge in [0.15, 0.2) is 9.90 Å². The fourth-order valence-corrected chi connectivity index (χ4v) is 4.75. The largest absolute Gasteiger partial charge is 0.464 e. The number of thiazole rings is 1. The van der Waals surface area contributed by atoms with E-state index < -0.39 is 16.0 Å². The molecule has 1 fully saturated rings. The molecule has 0 atom stereocenters. The fourth-order valence-electron chi connectivity index (χ4n) is 2.05. The number of sulfonamides is 1. The number of carbonyl (C=O) groups excluding carboxylic acids is 1. The molecule has 0 radical (unpaired) electrons. The Labute approximate surface area is 122 Å². The van der Waals surface area contributed by atoms with Gasteiger partial charge < -0.3 is 9.64 Å². The van der Waals surface area contributed by atoms with Crippen LogP contribution in [-0.2, 0) is 14.8 Å². The van der Waals surface area contributed by atoms with Crippen LogP contribution in [0.15, 0.2) is 9.72 Å². The summed E-state index contributed by atoms with van der Waals surface area (Å²) in [7, 11) is -2.47. The number of aromatic nitrogens is 1. The first-order chi connectivity index (χ1) is 9.50. The number of ether oxygens (including phenoxy) is 1. The normalized spacial score (nSPS) is 18.1. The number of likely N-dealkylation sites (N-methyl/N-ethyl adjacent to an activating group) is 1. The predicted octanol–water partition coefficient (Wildman–Crippen LogP) is 0.256. The van der Waals surface area contributed by atoms with Crippen LogP contribution in [-0.4, -0.2) is 68.4 Å². The molecule has 0 N–H and O–H groups in total. The van der Waals surface area contributed by atoms with Crippen LogP contribution >= 0.6 is 11.3 Å². The molecule has 2 rings (SSSR count). The van der Waals surface area contributed by atoms with E-state index in [0.717, 1.165) is 17.9 Å². The van der Waals surface area contributed by atoms with Crippen LogP contribution < -0.4 is 0 Å². The maximum Gasteiger partial charge on any atom is 0.358 e. The number of carbonyl (C=O) groups is 1. The molecule has 0 amide bonds. The van der Waals surface area contributed by atoms with Crippen LogP contribution in [0.25, 0.3) is 0 Å². The van der Waals surface area contributed by atoms with Crippen molar-refractivity contribution in [1.29, 1.82) is 0 Å². The van der Waals surface area contributed by atoms with Gasteiger partial charge >= 0.3 is 5.97 Å². The summed E-state index contributed by atoms with van der Waals surface area (Å²) in [6.45, 7) is 5.19. The van der Waals surface area contributed by atoms with Crippen LogP contribution in [0, 0.1) is 0 Å². The lowest BCUT2D eigenvalue weighted by atomic mass is 10.4. The predicted molar refractivity (Wildman–Crippen MR) is 74.3 cm³/mol. The number of piperazine rings is 1. The second kappa shape index (κ2) is 6.17. The van der Waals surface area contributed by atoms with E-state index in [1.165, 1.54) is 16.9 Å². The van der Waals surface area contributed by atoms with Crippen LogP contribution in [0.4, 0.5) is 0 Å². The van der Waals surface area contributed by atoms with E-state index in [4.69, 9.17) is 0 Å². The third kappa shape index (κ3) is 2.85. The van der Waals surface area contributed by atoms with Gasteiger partial charge in [0.25, 0.3) is 10.0 Å². The molecule has 0 saturated carbocycles. The van der Waals surface area contributed by atoms with E-state index in [1.54, 1.807) is 0 Å². The van der Waals surface area contributed by atoms with Crippen molar-refractivity contribution in [1.82, 2.24) is 14.2 Å². The lowest BCUT2D eigenvalue weighted by molar-refractivity contribution is 0.0590. The quantitative estimate of drug-likeness (QED) is 0.741. The van der Waals surface area contributed by atoms with Crippen molar-refractivity contribution >= 4 is 27.3 Å². The zero-order chi connectivity index (χ0) is 14.8. The summed E-state index contributed by atoms with van der Waals surface area (Å²) in [4.78, 5) is 17.5. The number of hydrogen-bond donors (Lipinski definition) is 0. The first-order valence-electron chi connectivity index (χ1n) is 6.25. The van der Waals surface area contributed by atoms with Crippen molar-refractivity contribution < 1.29 is 17.9 Å². The minimum Gasteiger partial charge on any atom is -0.464 e. The molecule has 0 spiro atoms. The third-order valence-corrected chi connectivity index (χ3v) is 6.51. The lowest BCUT2D eigenvalue weighted by Gasteiger charge is -2.32. The summed E-state index contributed by atoms with van der Waals surface area (Å²) in [6.07, 6.45) is 0. The summed E-state index contributed by atoms with van der Waals surface area (Å²) in [5.74, 6) is -0.725. The van der Waals surface area contributed by atoms with Gasteiger partial charge in [0.05, 0.1) is 12.6 Å². The van der Waals surface area contributed by atoms with Crippen molar-refractivity contribution in [3.63, 3.8) is 0 Å². The van der Waals surface area contributed by atoms with Gasteiger partial charge in [-0.15, -0.1) is 11.3 Å². The maximum absolute atomic E-state index is 12.6. The summed E-state index contributed by atoms with van der Waals surface area (Å²) in [5, 5.41) is 0. The third-order valence-electron chi connectivity index (χ3n) is 3.27. The molecule has 2 heterocycles. The van der Waals surface area contributed by atoms with Crippen LogP contribution in [0.3, 0.4) is 0 Å². The second-order valence-corrected chi connectivity index (χ2v) is 7.31. The minimum absolute atomic E-state index is 0.0331. The van der Waals surface area contributed by atoms with E-state index in [9.17, 15) is 13.2 Å². The molecule has 1 aliphatic heterocycles. The van der Waals surface area contributed by atoms with E-state index >= 15 is 0 Å². The van der Waals surface area contributed by atoms with Crippen molar-refractivity contribution in [3.05, 3.63) is 11.2 Å². The average molecular weight is 319 g/mol. The maximum atomic E-state index is 12.6. The Hall–Kier alpha value is -1.03. The summed E-state index contributed by atoms with van der Waals surface area (Å²) < 4.78 is 31.0. The van der Waals surface area contributed by atoms with Crippen molar-refractivity contribution in [3.8, 4) is 0 Å². The Bertz CT molecular complexity index is 576. The molecule has 1 aliphatic rings. The Balaban J connectivity index is 2.23. The molecule has 20 heavy (non-hydrogen) atoms. The molecule has 0 aromatic carbocycles. The van der Waals surface area contributed by atoms with E-state index in [0.29, 0.717) is 26.2 Å². The fraction of sp³-hybridized carbons (Fsp3) is 0.636. The minimum atomic E-state index is -3.67. The topological polar surface area (TPSA) is 79.8 Å². The molecular weight excluding hydrogens is 302 g/mol. The second-order valence-electron chi connectivity index (χ2n) is 4.32. The standard InChI is InChI=1S/C11H17N3O4S2/c1-3-13-4-6-14(7-5-13)20(16,17)11-9(10(15)18-2)12-8-19-11/h8H,3-7H2,1-2H3. The smallest absolute Gasteiger partial charge is 0.358 e. The van der Waals surface area contributed by atoms with Crippen LogP contribution in [0.2, 0.25) is 0 Å². The first kappa shape index (κ1) is 15.4. The van der Waals surface area contributed by atoms with Crippen LogP contribution in [0.1, 0.15) is 17.4 Å². The number of methoxy groups -OCH3 is 1. The molecule has 9 heteroatoms.